The smallest absolute Gasteiger partial charge is 0.545 e. The molecule has 2 rings (SSSR count). The van der Waals surface area contributed by atoms with Crippen molar-refractivity contribution in [3.05, 3.63) is 54.1 Å². The number of rotatable bonds is 6. The maximum atomic E-state index is 10.7. The van der Waals surface area contributed by atoms with E-state index in [1.165, 1.54) is 0 Å². The van der Waals surface area contributed by atoms with E-state index in [1.54, 1.807) is 18.3 Å². The monoisotopic (exact) mass is 294 g/mol. The zero-order valence-electron chi connectivity index (χ0n) is 12.8. The van der Waals surface area contributed by atoms with Gasteiger partial charge in [0.05, 0.1) is 12.3 Å². The molecule has 0 fully saturated rings. The fourth-order valence-corrected chi connectivity index (χ4v) is 2.48. The standard InChI is InChI=1S/C16H20N2O2.Na/c1-3-15(18-9-8-17-11-18)10-12(2)13-4-6-14(7-5-13)16(19)20;/h4-9,11-12,15H,3,10H2,1-2H3,(H,19,20);/q;+1/p-1. The summed E-state index contributed by atoms with van der Waals surface area (Å²) in [6.45, 7) is 4.32. The molecular formula is C16H19N2NaO2. The van der Waals surface area contributed by atoms with Gasteiger partial charge in [0.1, 0.15) is 0 Å². The molecule has 2 unspecified atom stereocenters. The summed E-state index contributed by atoms with van der Waals surface area (Å²) in [6.07, 6.45) is 7.66. The van der Waals surface area contributed by atoms with E-state index in [0.29, 0.717) is 12.0 Å². The number of imidazole rings is 1. The van der Waals surface area contributed by atoms with Gasteiger partial charge in [-0.1, -0.05) is 38.1 Å². The van der Waals surface area contributed by atoms with E-state index in [2.05, 4.69) is 23.4 Å². The number of carboxylic acids is 1. The van der Waals surface area contributed by atoms with Gasteiger partial charge in [-0.25, -0.2) is 4.98 Å². The number of nitrogens with zero attached hydrogens (tertiary/aromatic N) is 2. The zero-order valence-corrected chi connectivity index (χ0v) is 14.8. The number of benzene rings is 1. The minimum Gasteiger partial charge on any atom is -0.545 e. The first-order chi connectivity index (χ1) is 9.61. The topological polar surface area (TPSA) is 57.9 Å². The van der Waals surface area contributed by atoms with Crippen LogP contribution in [-0.4, -0.2) is 15.5 Å². The Hall–Kier alpha value is -1.10. The Morgan fingerprint density at radius 2 is 2.00 bits per heavy atom. The zero-order chi connectivity index (χ0) is 14.5. The minimum atomic E-state index is -1.13. The summed E-state index contributed by atoms with van der Waals surface area (Å²) < 4.78 is 2.13. The molecule has 0 aliphatic rings. The number of carbonyl (C=O) groups excluding carboxylic acids is 1. The number of carbonyl (C=O) groups is 1. The van der Waals surface area contributed by atoms with E-state index >= 15 is 0 Å². The molecule has 0 bridgehead atoms. The largest absolute Gasteiger partial charge is 1.00 e. The van der Waals surface area contributed by atoms with Crippen molar-refractivity contribution in [2.24, 2.45) is 0 Å². The number of aromatic nitrogens is 2. The van der Waals surface area contributed by atoms with E-state index in [1.807, 2.05) is 24.7 Å². The summed E-state index contributed by atoms with van der Waals surface area (Å²) in [5.41, 5.74) is 1.37. The van der Waals surface area contributed by atoms with Gasteiger partial charge in [-0.05, 0) is 29.9 Å². The molecule has 1 heterocycles. The molecule has 0 saturated carbocycles. The number of hydrogen-bond donors (Lipinski definition) is 0. The predicted octanol–water partition coefficient (Wildman–Crippen LogP) is -0.604. The van der Waals surface area contributed by atoms with Crippen molar-refractivity contribution in [1.82, 2.24) is 9.55 Å². The van der Waals surface area contributed by atoms with Crippen LogP contribution >= 0.6 is 0 Å². The molecule has 1 aromatic heterocycles. The van der Waals surface area contributed by atoms with Crippen LogP contribution in [0.5, 0.6) is 0 Å². The Morgan fingerprint density at radius 3 is 2.48 bits per heavy atom. The van der Waals surface area contributed by atoms with E-state index in [9.17, 15) is 9.90 Å². The van der Waals surface area contributed by atoms with Crippen molar-refractivity contribution in [2.45, 2.75) is 38.6 Å². The number of hydrogen-bond acceptors (Lipinski definition) is 3. The Labute approximate surface area is 147 Å². The van der Waals surface area contributed by atoms with Crippen LogP contribution in [0.25, 0.3) is 0 Å². The van der Waals surface area contributed by atoms with Gasteiger partial charge in [0.15, 0.2) is 0 Å². The van der Waals surface area contributed by atoms with Gasteiger partial charge in [0.25, 0.3) is 0 Å². The fraction of sp³-hybridized carbons (Fsp3) is 0.375. The van der Waals surface area contributed by atoms with E-state index in [0.717, 1.165) is 18.4 Å². The van der Waals surface area contributed by atoms with Crippen molar-refractivity contribution in [3.8, 4) is 0 Å². The first-order valence-corrected chi connectivity index (χ1v) is 6.90. The number of carboxylic acid groups (broad SMARTS) is 1. The third-order valence-corrected chi connectivity index (χ3v) is 3.76. The molecule has 4 nitrogen and oxygen atoms in total. The molecule has 0 aliphatic carbocycles. The van der Waals surface area contributed by atoms with E-state index in [4.69, 9.17) is 0 Å². The van der Waals surface area contributed by atoms with Gasteiger partial charge in [0.2, 0.25) is 0 Å². The normalized spacial score (nSPS) is 13.2. The summed E-state index contributed by atoms with van der Waals surface area (Å²) in [5.74, 6) is -0.771. The summed E-state index contributed by atoms with van der Waals surface area (Å²) in [6, 6.07) is 7.37. The molecule has 0 amide bonds. The van der Waals surface area contributed by atoms with Crippen LogP contribution in [0, 0.1) is 0 Å². The van der Waals surface area contributed by atoms with Crippen LogP contribution in [-0.2, 0) is 0 Å². The third kappa shape index (κ3) is 4.70. The van der Waals surface area contributed by atoms with Gasteiger partial charge < -0.3 is 14.5 Å². The summed E-state index contributed by atoms with van der Waals surface area (Å²) >= 11 is 0. The van der Waals surface area contributed by atoms with Crippen LogP contribution in [0.2, 0.25) is 0 Å². The SMILES string of the molecule is CCC(CC(C)c1ccc(C(=O)[O-])cc1)n1ccnc1.[Na+]. The second kappa shape index (κ2) is 8.37. The van der Waals surface area contributed by atoms with Gasteiger partial charge >= 0.3 is 29.6 Å². The maximum Gasteiger partial charge on any atom is 1.00 e. The summed E-state index contributed by atoms with van der Waals surface area (Å²) in [7, 11) is 0. The molecular weight excluding hydrogens is 275 g/mol. The molecule has 21 heavy (non-hydrogen) atoms. The first kappa shape index (κ1) is 18.0. The molecule has 2 aromatic rings. The van der Waals surface area contributed by atoms with E-state index in [-0.39, 0.29) is 35.1 Å². The summed E-state index contributed by atoms with van der Waals surface area (Å²) in [5, 5.41) is 10.7. The van der Waals surface area contributed by atoms with Crippen LogP contribution in [0.1, 0.15) is 54.6 Å². The van der Waals surface area contributed by atoms with Crippen LogP contribution in [0.3, 0.4) is 0 Å². The summed E-state index contributed by atoms with van der Waals surface area (Å²) in [4.78, 5) is 14.8. The molecule has 106 valence electrons. The molecule has 1 aromatic carbocycles. The first-order valence-electron chi connectivity index (χ1n) is 6.90. The van der Waals surface area contributed by atoms with Crippen LogP contribution < -0.4 is 34.7 Å². The Morgan fingerprint density at radius 1 is 1.33 bits per heavy atom. The molecule has 2 atom stereocenters. The van der Waals surface area contributed by atoms with Crippen molar-refractivity contribution in [1.29, 1.82) is 0 Å². The Balaban J connectivity index is 0.00000220. The second-order valence-corrected chi connectivity index (χ2v) is 5.12. The van der Waals surface area contributed by atoms with Crippen molar-refractivity contribution in [2.75, 3.05) is 0 Å². The van der Waals surface area contributed by atoms with Crippen LogP contribution in [0.4, 0.5) is 0 Å². The minimum absolute atomic E-state index is 0. The quantitative estimate of drug-likeness (QED) is 0.668. The number of aromatic carboxylic acids is 1. The molecule has 5 heteroatoms. The maximum absolute atomic E-state index is 10.7. The second-order valence-electron chi connectivity index (χ2n) is 5.12. The Bertz CT molecular complexity index is 552. The molecule has 0 saturated heterocycles. The van der Waals surface area contributed by atoms with Gasteiger partial charge in [-0.15, -0.1) is 0 Å². The molecule has 0 spiro atoms. The van der Waals surface area contributed by atoms with Crippen LogP contribution in [0.15, 0.2) is 43.0 Å². The van der Waals surface area contributed by atoms with E-state index < -0.39 is 5.97 Å². The average molecular weight is 294 g/mol. The Kier molecular flexibility index (Phi) is 7.15. The van der Waals surface area contributed by atoms with Gasteiger partial charge in [-0.2, -0.15) is 0 Å². The average Bonchev–Trinajstić information content (AvgIpc) is 2.98. The predicted molar refractivity (Wildman–Crippen MR) is 75.4 cm³/mol. The molecule has 0 N–H and O–H groups in total. The molecule has 0 radical (unpaired) electrons. The van der Waals surface area contributed by atoms with Crippen molar-refractivity contribution in [3.63, 3.8) is 0 Å². The van der Waals surface area contributed by atoms with Crippen molar-refractivity contribution >= 4 is 5.97 Å². The van der Waals surface area contributed by atoms with Crippen molar-refractivity contribution < 1.29 is 39.5 Å². The van der Waals surface area contributed by atoms with Gasteiger partial charge in [-0.3, -0.25) is 0 Å². The third-order valence-electron chi connectivity index (χ3n) is 3.76. The fourth-order valence-electron chi connectivity index (χ4n) is 2.48. The van der Waals surface area contributed by atoms with Gasteiger partial charge in [0, 0.05) is 18.4 Å². The molecule has 0 aliphatic heterocycles.